The van der Waals surface area contributed by atoms with Crippen LogP contribution in [-0.4, -0.2) is 36.8 Å². The van der Waals surface area contributed by atoms with Crippen molar-refractivity contribution >= 4 is 5.82 Å². The topological polar surface area (TPSA) is 56.3 Å². The van der Waals surface area contributed by atoms with E-state index in [0.29, 0.717) is 19.1 Å². The maximum Gasteiger partial charge on any atom is 0.218 e. The van der Waals surface area contributed by atoms with E-state index in [-0.39, 0.29) is 5.92 Å². The lowest BCUT2D eigenvalue weighted by Gasteiger charge is -2.11. The zero-order valence-electron chi connectivity index (χ0n) is 12.4. The molecule has 1 heterocycles. The molecule has 0 bridgehead atoms. The molecule has 5 nitrogen and oxygen atoms in total. The van der Waals surface area contributed by atoms with E-state index < -0.39 is 0 Å². The molecule has 0 fully saturated rings. The van der Waals surface area contributed by atoms with Gasteiger partial charge in [0.15, 0.2) is 0 Å². The molecule has 1 rings (SSSR count). The van der Waals surface area contributed by atoms with Crippen LogP contribution in [-0.2, 0) is 4.74 Å². The molecule has 19 heavy (non-hydrogen) atoms. The Bertz CT molecular complexity index is 370. The van der Waals surface area contributed by atoms with Crippen molar-refractivity contribution in [1.82, 2.24) is 9.97 Å². The molecule has 0 saturated heterocycles. The van der Waals surface area contributed by atoms with Gasteiger partial charge in [-0.3, -0.25) is 0 Å². The summed E-state index contributed by atoms with van der Waals surface area (Å²) in [5.74, 6) is 2.44. The van der Waals surface area contributed by atoms with Crippen molar-refractivity contribution in [2.45, 2.75) is 39.5 Å². The summed E-state index contributed by atoms with van der Waals surface area (Å²) in [6.45, 7) is 8.17. The Morgan fingerprint density at radius 3 is 2.63 bits per heavy atom. The molecule has 0 aliphatic heterocycles. The zero-order chi connectivity index (χ0) is 14.1. The van der Waals surface area contributed by atoms with Gasteiger partial charge in [-0.25, -0.2) is 4.98 Å². The smallest absolute Gasteiger partial charge is 0.218 e. The highest BCUT2D eigenvalue weighted by Crippen LogP contribution is 2.18. The van der Waals surface area contributed by atoms with Gasteiger partial charge in [-0.1, -0.05) is 27.2 Å². The molecule has 0 saturated carbocycles. The van der Waals surface area contributed by atoms with Crippen LogP contribution in [0.3, 0.4) is 0 Å². The number of hydrogen-bond donors (Lipinski definition) is 1. The number of nitrogens with zero attached hydrogens (tertiary/aromatic N) is 2. The average Bonchev–Trinajstić information content (AvgIpc) is 2.42. The molecule has 0 aliphatic carbocycles. The lowest BCUT2D eigenvalue weighted by atomic mass is 10.2. The van der Waals surface area contributed by atoms with Crippen LogP contribution >= 0.6 is 0 Å². The Morgan fingerprint density at radius 1 is 1.21 bits per heavy atom. The van der Waals surface area contributed by atoms with Crippen LogP contribution in [0.15, 0.2) is 6.07 Å². The van der Waals surface area contributed by atoms with Crippen LogP contribution in [0.25, 0.3) is 0 Å². The summed E-state index contributed by atoms with van der Waals surface area (Å²) in [4.78, 5) is 8.77. The van der Waals surface area contributed by atoms with Crippen LogP contribution < -0.4 is 10.1 Å². The van der Waals surface area contributed by atoms with E-state index in [0.717, 1.165) is 31.1 Å². The summed E-state index contributed by atoms with van der Waals surface area (Å²) in [6, 6.07) is 1.80. The van der Waals surface area contributed by atoms with E-state index >= 15 is 0 Å². The van der Waals surface area contributed by atoms with Gasteiger partial charge in [0, 0.05) is 25.6 Å². The second-order valence-electron chi connectivity index (χ2n) is 4.67. The number of anilines is 1. The minimum absolute atomic E-state index is 0.274. The van der Waals surface area contributed by atoms with Gasteiger partial charge in [0.2, 0.25) is 5.88 Å². The van der Waals surface area contributed by atoms with Crippen molar-refractivity contribution in [3.8, 4) is 5.88 Å². The van der Waals surface area contributed by atoms with Crippen molar-refractivity contribution in [3.05, 3.63) is 11.9 Å². The molecule has 0 radical (unpaired) electrons. The molecular weight excluding hydrogens is 242 g/mol. The highest BCUT2D eigenvalue weighted by Gasteiger charge is 2.08. The number of nitrogens with one attached hydrogen (secondary N) is 1. The van der Waals surface area contributed by atoms with E-state index in [2.05, 4.69) is 36.1 Å². The predicted octanol–water partition coefficient (Wildman–Crippen LogP) is 2.84. The molecule has 0 unspecified atom stereocenters. The fraction of sp³-hybridized carbons (Fsp3) is 0.714. The van der Waals surface area contributed by atoms with Crippen LogP contribution in [0.2, 0.25) is 0 Å². The number of unbranched alkanes of at least 4 members (excludes halogenated alkanes) is 1. The molecule has 0 aromatic carbocycles. The molecule has 1 aromatic rings. The van der Waals surface area contributed by atoms with Gasteiger partial charge in [0.25, 0.3) is 0 Å². The summed E-state index contributed by atoms with van der Waals surface area (Å²) < 4.78 is 11.0. The van der Waals surface area contributed by atoms with Crippen molar-refractivity contribution < 1.29 is 9.47 Å². The van der Waals surface area contributed by atoms with Gasteiger partial charge in [-0.05, 0) is 6.42 Å². The Hall–Kier alpha value is -1.36. The van der Waals surface area contributed by atoms with Gasteiger partial charge in [0.05, 0.1) is 6.61 Å². The SMILES string of the molecule is CCCCOCCOc1cc(NC)nc(C(C)C)n1. The zero-order valence-corrected chi connectivity index (χ0v) is 12.4. The summed E-state index contributed by atoms with van der Waals surface area (Å²) >= 11 is 0. The molecule has 0 spiro atoms. The third-order valence-corrected chi connectivity index (χ3v) is 2.61. The monoisotopic (exact) mass is 267 g/mol. The van der Waals surface area contributed by atoms with Crippen molar-refractivity contribution in [2.24, 2.45) is 0 Å². The predicted molar refractivity (Wildman–Crippen MR) is 76.9 cm³/mol. The maximum atomic E-state index is 5.60. The van der Waals surface area contributed by atoms with Gasteiger partial charge >= 0.3 is 0 Å². The number of aromatic nitrogens is 2. The molecule has 0 aliphatic rings. The minimum Gasteiger partial charge on any atom is -0.475 e. The lowest BCUT2D eigenvalue weighted by Crippen LogP contribution is -2.10. The first-order chi connectivity index (χ1) is 9.17. The van der Waals surface area contributed by atoms with Gasteiger partial charge < -0.3 is 14.8 Å². The lowest BCUT2D eigenvalue weighted by molar-refractivity contribution is 0.0964. The quantitative estimate of drug-likeness (QED) is 0.697. The fourth-order valence-corrected chi connectivity index (χ4v) is 1.46. The highest BCUT2D eigenvalue weighted by molar-refractivity contribution is 5.38. The minimum atomic E-state index is 0.274. The van der Waals surface area contributed by atoms with E-state index in [4.69, 9.17) is 9.47 Å². The van der Waals surface area contributed by atoms with Gasteiger partial charge in [-0.2, -0.15) is 4.98 Å². The molecule has 1 N–H and O–H groups in total. The summed E-state index contributed by atoms with van der Waals surface area (Å²) in [5, 5.41) is 3.02. The van der Waals surface area contributed by atoms with Crippen LogP contribution in [0.1, 0.15) is 45.4 Å². The van der Waals surface area contributed by atoms with Crippen LogP contribution in [0.5, 0.6) is 5.88 Å². The highest BCUT2D eigenvalue weighted by atomic mass is 16.5. The normalized spacial score (nSPS) is 10.8. The first-order valence-electron chi connectivity index (χ1n) is 6.94. The molecule has 5 heteroatoms. The Kier molecular flexibility index (Phi) is 7.18. The third-order valence-electron chi connectivity index (χ3n) is 2.61. The van der Waals surface area contributed by atoms with E-state index in [1.54, 1.807) is 6.07 Å². The van der Waals surface area contributed by atoms with E-state index in [1.165, 1.54) is 0 Å². The van der Waals surface area contributed by atoms with Crippen LogP contribution in [0.4, 0.5) is 5.82 Å². The largest absolute Gasteiger partial charge is 0.475 e. The second kappa shape index (κ2) is 8.69. The molecule has 108 valence electrons. The summed E-state index contributed by atoms with van der Waals surface area (Å²) in [6.07, 6.45) is 2.24. The second-order valence-corrected chi connectivity index (χ2v) is 4.67. The summed E-state index contributed by atoms with van der Waals surface area (Å²) in [5.41, 5.74) is 0. The third kappa shape index (κ3) is 5.87. The fourth-order valence-electron chi connectivity index (χ4n) is 1.46. The summed E-state index contributed by atoms with van der Waals surface area (Å²) in [7, 11) is 1.84. The van der Waals surface area contributed by atoms with E-state index in [9.17, 15) is 0 Å². The molecule has 0 amide bonds. The number of hydrogen-bond acceptors (Lipinski definition) is 5. The van der Waals surface area contributed by atoms with Crippen LogP contribution in [0, 0.1) is 0 Å². The Balaban J connectivity index is 2.46. The van der Waals surface area contributed by atoms with Crippen molar-refractivity contribution in [3.63, 3.8) is 0 Å². The standard InChI is InChI=1S/C14H25N3O2/c1-5-6-7-18-8-9-19-13-10-12(15-4)16-14(17-13)11(2)3/h10-11H,5-9H2,1-4H3,(H,15,16,17). The molecule has 0 atom stereocenters. The maximum absolute atomic E-state index is 5.60. The Morgan fingerprint density at radius 2 is 2.00 bits per heavy atom. The van der Waals surface area contributed by atoms with Gasteiger partial charge in [-0.15, -0.1) is 0 Å². The van der Waals surface area contributed by atoms with Crippen molar-refractivity contribution in [2.75, 3.05) is 32.2 Å². The average molecular weight is 267 g/mol. The molecule has 1 aromatic heterocycles. The molecular formula is C14H25N3O2. The van der Waals surface area contributed by atoms with Gasteiger partial charge in [0.1, 0.15) is 18.2 Å². The van der Waals surface area contributed by atoms with E-state index in [1.807, 2.05) is 7.05 Å². The number of ether oxygens (including phenoxy) is 2. The first-order valence-corrected chi connectivity index (χ1v) is 6.94. The Labute approximate surface area is 115 Å². The van der Waals surface area contributed by atoms with Crippen molar-refractivity contribution in [1.29, 1.82) is 0 Å². The number of rotatable bonds is 9. The first kappa shape index (κ1) is 15.7.